The largest absolute Gasteiger partial charge is 0.328 e. The second-order valence-electron chi connectivity index (χ2n) is 9.49. The molecule has 0 radical (unpaired) electrons. The molecule has 206 valence electrons. The van der Waals surface area contributed by atoms with Gasteiger partial charge in [0.05, 0.1) is 0 Å². The normalized spacial score (nSPS) is 13.5. The Morgan fingerprint density at radius 1 is 0.500 bits per heavy atom. The minimum atomic E-state index is -1.09. The van der Waals surface area contributed by atoms with E-state index in [2.05, 4.69) is 6.92 Å². The molecule has 0 amide bonds. The van der Waals surface area contributed by atoms with Crippen molar-refractivity contribution in [3.63, 3.8) is 0 Å². The molecule has 34 heavy (non-hydrogen) atoms. The van der Waals surface area contributed by atoms with Gasteiger partial charge in [-0.05, 0) is 46.5 Å². The summed E-state index contributed by atoms with van der Waals surface area (Å²) in [5.74, 6) is -0.592. The van der Waals surface area contributed by atoms with Crippen molar-refractivity contribution in [2.45, 2.75) is 153 Å². The fourth-order valence-electron chi connectivity index (χ4n) is 4.70. The summed E-state index contributed by atoms with van der Waals surface area (Å²) in [4.78, 5) is 0. The van der Waals surface area contributed by atoms with Crippen LogP contribution in [0, 0.1) is 5.92 Å². The summed E-state index contributed by atoms with van der Waals surface area (Å²) in [6.07, 6.45) is 21.7. The van der Waals surface area contributed by atoms with E-state index in [9.17, 15) is 0 Å². The lowest BCUT2D eigenvalue weighted by molar-refractivity contribution is -0.403. The molecule has 6 heteroatoms. The van der Waals surface area contributed by atoms with Gasteiger partial charge >= 0.3 is 0 Å². The van der Waals surface area contributed by atoms with Crippen LogP contribution in [0.3, 0.4) is 0 Å². The summed E-state index contributed by atoms with van der Waals surface area (Å²) in [5.41, 5.74) is 0. The Bertz CT molecular complexity index is 413. The predicted molar refractivity (Wildman–Crippen MR) is 150 cm³/mol. The van der Waals surface area contributed by atoms with Crippen molar-refractivity contribution in [3.8, 4) is 0 Å². The van der Waals surface area contributed by atoms with Gasteiger partial charge in [-0.15, -0.1) is 0 Å². The summed E-state index contributed by atoms with van der Waals surface area (Å²) < 4.78 is 17.4. The Balaban J connectivity index is 4.40. The lowest BCUT2D eigenvalue weighted by atomic mass is 9.91. The Labute approximate surface area is 227 Å². The number of hydrogen-bond acceptors (Lipinski definition) is 3. The zero-order valence-corrected chi connectivity index (χ0v) is 25.1. The van der Waals surface area contributed by atoms with Crippen LogP contribution >= 0.6 is 34.8 Å². The number of halogens is 3. The van der Waals surface area contributed by atoms with Crippen molar-refractivity contribution in [1.82, 2.24) is 0 Å². The third-order valence-electron chi connectivity index (χ3n) is 6.46. The van der Waals surface area contributed by atoms with Gasteiger partial charge in [-0.1, -0.05) is 132 Å². The number of hydrogen-bond donors (Lipinski definition) is 0. The summed E-state index contributed by atoms with van der Waals surface area (Å²) in [5, 5.41) is 0. The van der Waals surface area contributed by atoms with Crippen LogP contribution in [0.5, 0.6) is 0 Å². The summed E-state index contributed by atoms with van der Waals surface area (Å²) in [7, 11) is 0. The van der Waals surface area contributed by atoms with E-state index in [1.54, 1.807) is 0 Å². The van der Waals surface area contributed by atoms with E-state index < -0.39 is 9.77 Å². The Morgan fingerprint density at radius 3 is 1.21 bits per heavy atom. The SMILES string of the molecule is CCCCCCCCC(CCCCCCCCCCCC(Cl)(Cl)Cl)C(OCC)(OCC)OCC. The highest BCUT2D eigenvalue weighted by molar-refractivity contribution is 6.67. The van der Waals surface area contributed by atoms with Gasteiger partial charge in [0.1, 0.15) is 0 Å². The fourth-order valence-corrected chi connectivity index (χ4v) is 5.11. The van der Waals surface area contributed by atoms with E-state index in [0.717, 1.165) is 25.7 Å². The molecule has 1 atom stereocenters. The molecule has 0 aliphatic heterocycles. The maximum Gasteiger partial charge on any atom is 0.285 e. The fraction of sp³-hybridized carbons (Fsp3) is 1.00. The summed E-state index contributed by atoms with van der Waals surface area (Å²) >= 11 is 17.4. The number of rotatable bonds is 25. The highest BCUT2D eigenvalue weighted by atomic mass is 35.6. The van der Waals surface area contributed by atoms with E-state index >= 15 is 0 Å². The zero-order chi connectivity index (χ0) is 25.5. The van der Waals surface area contributed by atoms with Crippen LogP contribution in [-0.4, -0.2) is 29.6 Å². The van der Waals surface area contributed by atoms with Crippen LogP contribution < -0.4 is 0 Å². The maximum absolute atomic E-state index is 6.16. The van der Waals surface area contributed by atoms with Crippen LogP contribution in [0.2, 0.25) is 0 Å². The third kappa shape index (κ3) is 18.9. The minimum Gasteiger partial charge on any atom is -0.328 e. The van der Waals surface area contributed by atoms with Gasteiger partial charge in [0, 0.05) is 25.7 Å². The molecule has 1 unspecified atom stereocenters. The van der Waals surface area contributed by atoms with Crippen LogP contribution in [0.15, 0.2) is 0 Å². The van der Waals surface area contributed by atoms with Gasteiger partial charge in [-0.25, -0.2) is 0 Å². The van der Waals surface area contributed by atoms with Crippen LogP contribution in [0.1, 0.15) is 143 Å². The van der Waals surface area contributed by atoms with Crippen molar-refractivity contribution < 1.29 is 14.2 Å². The van der Waals surface area contributed by atoms with Crippen LogP contribution in [-0.2, 0) is 14.2 Å². The molecule has 0 fully saturated rings. The molecule has 0 saturated carbocycles. The molecule has 0 saturated heterocycles. The van der Waals surface area contributed by atoms with Crippen molar-refractivity contribution >= 4 is 34.8 Å². The number of unbranched alkanes of at least 4 members (excludes halogenated alkanes) is 13. The standard InChI is InChI=1S/C28H55Cl3O3/c1-5-9-10-11-17-20-23-26(28(32-6-2,33-7-3)34-8-4)24-21-18-15-13-12-14-16-19-22-25-27(29,30)31/h26H,5-25H2,1-4H3. The van der Waals surface area contributed by atoms with Gasteiger partial charge in [-0.3, -0.25) is 0 Å². The number of alkyl halides is 3. The lowest BCUT2D eigenvalue weighted by Gasteiger charge is -2.39. The molecule has 0 aromatic heterocycles. The maximum atomic E-state index is 6.16. The highest BCUT2D eigenvalue weighted by Gasteiger charge is 2.41. The average molecular weight is 546 g/mol. The third-order valence-corrected chi connectivity index (χ3v) is 7.02. The first-order valence-corrected chi connectivity index (χ1v) is 15.5. The molecule has 0 bridgehead atoms. The predicted octanol–water partition coefficient (Wildman–Crippen LogP) is 10.8. The second-order valence-corrected chi connectivity index (χ2v) is 12.0. The van der Waals surface area contributed by atoms with Crippen molar-refractivity contribution in [1.29, 1.82) is 0 Å². The van der Waals surface area contributed by atoms with Gasteiger partial charge in [0.2, 0.25) is 0 Å². The van der Waals surface area contributed by atoms with E-state index in [0.29, 0.717) is 26.2 Å². The van der Waals surface area contributed by atoms with E-state index in [4.69, 9.17) is 49.0 Å². The van der Waals surface area contributed by atoms with E-state index in [1.807, 2.05) is 20.8 Å². The first-order chi connectivity index (χ1) is 16.3. The molecular formula is C28H55Cl3O3. The Morgan fingerprint density at radius 2 is 0.853 bits per heavy atom. The van der Waals surface area contributed by atoms with Gasteiger partial charge in [-0.2, -0.15) is 0 Å². The lowest BCUT2D eigenvalue weighted by Crippen LogP contribution is -2.46. The highest BCUT2D eigenvalue weighted by Crippen LogP contribution is 2.35. The zero-order valence-electron chi connectivity index (χ0n) is 22.8. The van der Waals surface area contributed by atoms with E-state index in [-0.39, 0.29) is 5.92 Å². The molecule has 0 spiro atoms. The molecule has 0 aromatic carbocycles. The average Bonchev–Trinajstić information content (AvgIpc) is 2.78. The molecule has 0 aliphatic carbocycles. The molecule has 3 nitrogen and oxygen atoms in total. The minimum absolute atomic E-state index is 0.288. The summed E-state index contributed by atoms with van der Waals surface area (Å²) in [6, 6.07) is 0. The molecule has 0 aliphatic rings. The molecule has 0 N–H and O–H groups in total. The first kappa shape index (κ1) is 34.8. The van der Waals surface area contributed by atoms with E-state index in [1.165, 1.54) is 83.5 Å². The number of ether oxygens (including phenoxy) is 3. The Hall–Kier alpha value is 0.750. The van der Waals surface area contributed by atoms with Gasteiger partial charge in [0.15, 0.2) is 3.79 Å². The topological polar surface area (TPSA) is 27.7 Å². The van der Waals surface area contributed by atoms with Gasteiger partial charge in [0.25, 0.3) is 5.97 Å². The smallest absolute Gasteiger partial charge is 0.285 e. The van der Waals surface area contributed by atoms with Crippen molar-refractivity contribution in [2.24, 2.45) is 5.92 Å². The molecule has 0 heterocycles. The Kier molecular flexibility index (Phi) is 23.4. The molecular weight excluding hydrogens is 491 g/mol. The first-order valence-electron chi connectivity index (χ1n) is 14.3. The van der Waals surface area contributed by atoms with Crippen molar-refractivity contribution in [2.75, 3.05) is 19.8 Å². The molecule has 0 rings (SSSR count). The summed E-state index contributed by atoms with van der Waals surface area (Å²) in [6.45, 7) is 10.2. The molecule has 0 aromatic rings. The second kappa shape index (κ2) is 22.9. The van der Waals surface area contributed by atoms with Crippen molar-refractivity contribution in [3.05, 3.63) is 0 Å². The van der Waals surface area contributed by atoms with Crippen LogP contribution in [0.25, 0.3) is 0 Å². The quantitative estimate of drug-likeness (QED) is 0.0648. The van der Waals surface area contributed by atoms with Crippen LogP contribution in [0.4, 0.5) is 0 Å². The monoisotopic (exact) mass is 544 g/mol. The van der Waals surface area contributed by atoms with Gasteiger partial charge < -0.3 is 14.2 Å².